The Morgan fingerprint density at radius 1 is 0.800 bits per heavy atom. The van der Waals surface area contributed by atoms with Gasteiger partial charge in [-0.2, -0.15) is 10.4 Å². The van der Waals surface area contributed by atoms with E-state index in [0.717, 1.165) is 28.3 Å². The number of amides is 6. The average molecular weight is 1170 g/mol. The minimum Gasteiger partial charge on any atom is -0.491 e. The molecule has 85 heavy (non-hydrogen) atoms. The van der Waals surface area contributed by atoms with Crippen LogP contribution in [-0.4, -0.2) is 185 Å². The summed E-state index contributed by atoms with van der Waals surface area (Å²) in [6.07, 6.45) is 6.59. The first-order valence-corrected chi connectivity index (χ1v) is 27.9. The Morgan fingerprint density at radius 3 is 2.22 bits per heavy atom. The van der Waals surface area contributed by atoms with Crippen molar-refractivity contribution in [1.82, 2.24) is 55.2 Å². The Labute approximate surface area is 488 Å². The van der Waals surface area contributed by atoms with Crippen LogP contribution in [0.1, 0.15) is 64.6 Å². The number of para-hydroxylation sites is 1. The van der Waals surface area contributed by atoms with Gasteiger partial charge < -0.3 is 53.8 Å². The Kier molecular flexibility index (Phi) is 21.6. The molecule has 0 spiro atoms. The first-order valence-electron chi connectivity index (χ1n) is 27.9. The summed E-state index contributed by atoms with van der Waals surface area (Å²) >= 11 is 0. The molecule has 6 aromatic rings. The van der Waals surface area contributed by atoms with Crippen LogP contribution in [0.5, 0.6) is 17.2 Å². The fourth-order valence-corrected chi connectivity index (χ4v) is 9.68. The molecule has 0 saturated carbocycles. The Morgan fingerprint density at radius 2 is 1.51 bits per heavy atom. The number of hydrogen-bond donors (Lipinski definition) is 3. The topological polar surface area (TPSA) is 331 Å². The van der Waals surface area contributed by atoms with Gasteiger partial charge in [-0.25, -0.2) is 24.1 Å². The zero-order valence-corrected chi connectivity index (χ0v) is 46.6. The predicted octanol–water partition coefficient (Wildman–Crippen LogP) is 3.99. The molecule has 446 valence electrons. The summed E-state index contributed by atoms with van der Waals surface area (Å²) in [5, 5.41) is 28.8. The van der Waals surface area contributed by atoms with E-state index in [1.807, 2.05) is 65.5 Å². The van der Waals surface area contributed by atoms with Crippen LogP contribution < -0.4 is 25.8 Å². The molecule has 2 fully saturated rings. The summed E-state index contributed by atoms with van der Waals surface area (Å²) in [5.74, 6) is -1.03. The number of benzene rings is 3. The lowest BCUT2D eigenvalue weighted by Gasteiger charge is -2.32. The van der Waals surface area contributed by atoms with Gasteiger partial charge in [-0.3, -0.25) is 34.2 Å². The Hall–Kier alpha value is -9.20. The van der Waals surface area contributed by atoms with Crippen molar-refractivity contribution in [3.8, 4) is 34.6 Å². The van der Waals surface area contributed by atoms with Crippen molar-refractivity contribution in [3.63, 3.8) is 0 Å². The molecule has 0 aliphatic carbocycles. The molecule has 6 amide bonds. The van der Waals surface area contributed by atoms with Crippen molar-refractivity contribution in [2.24, 2.45) is 0 Å². The molecule has 27 heteroatoms. The van der Waals surface area contributed by atoms with Crippen LogP contribution in [0, 0.1) is 11.3 Å². The van der Waals surface area contributed by atoms with Gasteiger partial charge in [0, 0.05) is 31.3 Å². The number of aromatic nitrogens is 7. The van der Waals surface area contributed by atoms with Gasteiger partial charge in [-0.15, -0.1) is 5.10 Å². The number of carbonyl (C=O) groups excluding carboxylic acids is 6. The zero-order chi connectivity index (χ0) is 59.3. The van der Waals surface area contributed by atoms with Crippen LogP contribution in [0.2, 0.25) is 0 Å². The summed E-state index contributed by atoms with van der Waals surface area (Å²) in [4.78, 5) is 87.4. The van der Waals surface area contributed by atoms with Crippen LogP contribution in [0.4, 0.5) is 10.6 Å². The number of alkyl carbamates (subject to hydrolysis) is 1. The number of nitriles is 1. The third-order valence-corrected chi connectivity index (χ3v) is 13.8. The second kappa shape index (κ2) is 30.4. The number of ether oxygens (including phenoxy) is 8. The molecule has 2 saturated heterocycles. The number of fused-ring (bicyclic) bond motifs is 2. The summed E-state index contributed by atoms with van der Waals surface area (Å²) in [7, 11) is 0. The first kappa shape index (κ1) is 60.4. The van der Waals surface area contributed by atoms with Crippen LogP contribution in [0.3, 0.4) is 0 Å². The fraction of sp³-hybridized carbons (Fsp3) is 0.414. The number of likely N-dealkylation sites (tertiary alicyclic amines) is 1. The number of nitrogen functional groups attached to an aromatic ring is 1. The Balaban J connectivity index is 0.568. The number of hydrogen-bond acceptors (Lipinski definition) is 21. The lowest BCUT2D eigenvalue weighted by atomic mass is 10.0. The molecule has 6 heterocycles. The highest BCUT2D eigenvalue weighted by atomic mass is 16.6. The van der Waals surface area contributed by atoms with Gasteiger partial charge in [0.1, 0.15) is 66.0 Å². The smallest absolute Gasteiger partial charge is 0.407 e. The summed E-state index contributed by atoms with van der Waals surface area (Å²) in [6, 6.07) is 22.4. The van der Waals surface area contributed by atoms with Gasteiger partial charge >= 0.3 is 6.09 Å². The van der Waals surface area contributed by atoms with Gasteiger partial charge in [0.15, 0.2) is 5.65 Å². The largest absolute Gasteiger partial charge is 0.491 e. The molecule has 3 aliphatic heterocycles. The summed E-state index contributed by atoms with van der Waals surface area (Å²) < 4.78 is 48.0. The van der Waals surface area contributed by atoms with Crippen molar-refractivity contribution in [1.29, 1.82) is 5.26 Å². The molecule has 3 aliphatic rings. The van der Waals surface area contributed by atoms with Gasteiger partial charge in [0.05, 0.1) is 107 Å². The van der Waals surface area contributed by atoms with E-state index < -0.39 is 35.8 Å². The minimum absolute atomic E-state index is 0.00227. The Bertz CT molecular complexity index is 3370. The lowest BCUT2D eigenvalue weighted by Crippen LogP contribution is -2.54. The van der Waals surface area contributed by atoms with Crippen molar-refractivity contribution >= 4 is 52.5 Å². The second-order valence-corrected chi connectivity index (χ2v) is 19.6. The summed E-state index contributed by atoms with van der Waals surface area (Å²) in [5.41, 5.74) is 9.30. The van der Waals surface area contributed by atoms with E-state index in [4.69, 9.17) is 48.7 Å². The molecule has 0 bridgehead atoms. The van der Waals surface area contributed by atoms with Crippen LogP contribution in [0.25, 0.3) is 22.3 Å². The second-order valence-electron chi connectivity index (χ2n) is 19.6. The maximum Gasteiger partial charge on any atom is 0.407 e. The molecular formula is C58H65N13O14. The van der Waals surface area contributed by atoms with Crippen molar-refractivity contribution < 1.29 is 66.7 Å². The van der Waals surface area contributed by atoms with Crippen LogP contribution in [0.15, 0.2) is 97.0 Å². The van der Waals surface area contributed by atoms with E-state index >= 15 is 0 Å². The number of nitrogens with one attached hydrogen (secondary N) is 2. The number of rotatable bonds is 31. The van der Waals surface area contributed by atoms with Gasteiger partial charge in [0.25, 0.3) is 17.7 Å². The van der Waals surface area contributed by atoms with E-state index in [1.54, 1.807) is 21.7 Å². The van der Waals surface area contributed by atoms with Crippen LogP contribution in [-0.2, 0) is 55.8 Å². The molecule has 3 aromatic carbocycles. The number of aryl methyl sites for hydroxylation is 1. The first-order chi connectivity index (χ1) is 41.6. The standard InChI is InChI=1S/C58H65N13O14/c59-35-40(55(74)68-21-6-9-42(37-68)71-53-50(52(60)62-38-63-53)51(66-71)39-14-16-44(17-15-39)85-43-10-2-1-3-11-43)7-4-8-41-36-69(67-65-41)22-24-78-25-26-79-27-28-80-29-30-81-31-32-82-33-34-84-58(77)61-20-23-83-47-13-5-12-45-49(47)57(76)70(56(45)75)46-18-19-48(72)64-54(46)73/h1-3,5,7,10-17,36,38,42,46H,4,6,8-9,18-34,37H2,(H,61,77)(H2,60,62,63)(H,64,72,73)/b40-7-/t42-,46?/m1/s1. The minimum atomic E-state index is -1.10. The number of carbonyl (C=O) groups is 6. The molecule has 4 N–H and O–H groups in total. The normalized spacial score (nSPS) is 16.1. The van der Waals surface area contributed by atoms with Crippen molar-refractivity contribution in [2.75, 3.05) is 105 Å². The van der Waals surface area contributed by atoms with E-state index in [1.165, 1.54) is 18.5 Å². The highest BCUT2D eigenvalue weighted by Gasteiger charge is 2.46. The number of anilines is 1. The zero-order valence-electron chi connectivity index (χ0n) is 46.6. The van der Waals surface area contributed by atoms with Gasteiger partial charge in [-0.05, 0) is 80.6 Å². The number of piperidine rings is 2. The highest BCUT2D eigenvalue weighted by Crippen LogP contribution is 2.36. The van der Waals surface area contributed by atoms with Crippen molar-refractivity contribution in [3.05, 3.63) is 114 Å². The number of nitrogens with two attached hydrogens (primary N) is 1. The highest BCUT2D eigenvalue weighted by molar-refractivity contribution is 6.24. The molecule has 0 radical (unpaired) electrons. The monoisotopic (exact) mass is 1170 g/mol. The fourth-order valence-electron chi connectivity index (χ4n) is 9.68. The van der Waals surface area contributed by atoms with Gasteiger partial charge in [0.2, 0.25) is 11.8 Å². The molecule has 2 atom stereocenters. The van der Waals surface area contributed by atoms with Crippen LogP contribution >= 0.6 is 0 Å². The number of allylic oxidation sites excluding steroid dienone is 1. The lowest BCUT2D eigenvalue weighted by molar-refractivity contribution is -0.136. The molecule has 27 nitrogen and oxygen atoms in total. The predicted molar refractivity (Wildman–Crippen MR) is 301 cm³/mol. The van der Waals surface area contributed by atoms with E-state index in [9.17, 15) is 34.0 Å². The molecule has 9 rings (SSSR count). The quantitative estimate of drug-likeness (QED) is 0.0240. The SMILES string of the molecule is N#C/C(=C/CCc1cn(CCOCCOCCOCCOCCOCCOC(=O)NCCOc2cccc3c2C(=O)N(C2CCC(=O)NC2=O)C3=O)nn1)C(=O)N1CCC[C@@H](n2nc(-c3ccc(Oc4ccccc4)cc3)c3c(N)ncnc32)C1. The summed E-state index contributed by atoms with van der Waals surface area (Å²) in [6.45, 7) is 4.71. The molecule has 3 aromatic heterocycles. The molecule has 1 unspecified atom stereocenters. The third kappa shape index (κ3) is 16.1. The van der Waals surface area contributed by atoms with Crippen molar-refractivity contribution in [2.45, 2.75) is 57.2 Å². The average Bonchev–Trinajstić information content (AvgIpc) is 2.67. The van der Waals surface area contributed by atoms with Gasteiger partial charge in [-0.1, -0.05) is 35.6 Å². The maximum absolute atomic E-state index is 13.8. The maximum atomic E-state index is 13.8. The number of nitrogens with zero attached hydrogens (tertiary/aromatic N) is 10. The third-order valence-electron chi connectivity index (χ3n) is 13.8. The number of imide groups is 2. The van der Waals surface area contributed by atoms with E-state index in [2.05, 4.69) is 37.0 Å². The van der Waals surface area contributed by atoms with E-state index in [0.29, 0.717) is 120 Å². The molecular weight excluding hydrogens is 1100 g/mol. The van der Waals surface area contributed by atoms with E-state index in [-0.39, 0.29) is 80.2 Å².